The van der Waals surface area contributed by atoms with Gasteiger partial charge in [-0.25, -0.2) is 9.78 Å². The topological polar surface area (TPSA) is 43.1 Å². The van der Waals surface area contributed by atoms with Gasteiger partial charge in [-0.05, 0) is 36.6 Å². The van der Waals surface area contributed by atoms with Gasteiger partial charge in [0.15, 0.2) is 0 Å². The van der Waals surface area contributed by atoms with Crippen LogP contribution in [0.15, 0.2) is 62.6 Å². The molecule has 5 heteroatoms. The summed E-state index contributed by atoms with van der Waals surface area (Å²) in [5, 5.41) is 1.76. The van der Waals surface area contributed by atoms with Crippen molar-refractivity contribution in [2.45, 2.75) is 4.90 Å². The van der Waals surface area contributed by atoms with Crippen LogP contribution in [0, 0.1) is 0 Å². The van der Waals surface area contributed by atoms with E-state index in [2.05, 4.69) is 4.98 Å². The third-order valence-electron chi connectivity index (χ3n) is 3.48. The Morgan fingerprint density at radius 2 is 2.00 bits per heavy atom. The molecule has 0 aliphatic carbocycles. The van der Waals surface area contributed by atoms with Gasteiger partial charge < -0.3 is 4.42 Å². The van der Waals surface area contributed by atoms with Gasteiger partial charge >= 0.3 is 5.63 Å². The molecule has 0 amide bonds. The van der Waals surface area contributed by atoms with Crippen molar-refractivity contribution in [3.8, 4) is 10.6 Å². The van der Waals surface area contributed by atoms with Crippen LogP contribution in [-0.2, 0) is 0 Å². The lowest BCUT2D eigenvalue weighted by Gasteiger charge is -2.03. The van der Waals surface area contributed by atoms with E-state index in [4.69, 9.17) is 4.42 Å². The molecule has 0 aliphatic heterocycles. The first-order valence-corrected chi connectivity index (χ1v) is 8.76. The average Bonchev–Trinajstić information content (AvgIpc) is 2.97. The Morgan fingerprint density at radius 1 is 1.14 bits per heavy atom. The molecule has 2 aromatic heterocycles. The smallest absolute Gasteiger partial charge is 0.336 e. The Labute approximate surface area is 134 Å². The second kappa shape index (κ2) is 5.26. The normalized spacial score (nSPS) is 11.3. The number of fused-ring (bicyclic) bond motifs is 2. The van der Waals surface area contributed by atoms with Crippen LogP contribution in [0.3, 0.4) is 0 Å². The van der Waals surface area contributed by atoms with E-state index in [9.17, 15) is 4.79 Å². The van der Waals surface area contributed by atoms with Crippen LogP contribution in [0.25, 0.3) is 31.8 Å². The van der Waals surface area contributed by atoms with E-state index in [1.54, 1.807) is 23.1 Å². The van der Waals surface area contributed by atoms with Crippen molar-refractivity contribution in [3.63, 3.8) is 0 Å². The average molecular weight is 325 g/mol. The van der Waals surface area contributed by atoms with Gasteiger partial charge in [-0.1, -0.05) is 12.1 Å². The maximum Gasteiger partial charge on any atom is 0.336 e. The van der Waals surface area contributed by atoms with Gasteiger partial charge in [-0.2, -0.15) is 0 Å². The van der Waals surface area contributed by atoms with Crippen molar-refractivity contribution in [3.05, 3.63) is 59.0 Å². The molecule has 0 atom stereocenters. The first kappa shape index (κ1) is 13.5. The standard InChI is InChI=1S/C17H11NO2S2/c1-21-10-6-7-11-12(9-16(19)20-14(11)8-10)17-18-13-4-2-3-5-15(13)22-17/h2-9H,1H3. The van der Waals surface area contributed by atoms with Crippen LogP contribution >= 0.6 is 23.1 Å². The van der Waals surface area contributed by atoms with E-state index in [0.29, 0.717) is 5.58 Å². The molecule has 4 rings (SSSR count). The summed E-state index contributed by atoms with van der Waals surface area (Å²) in [6.45, 7) is 0. The second-order valence-electron chi connectivity index (χ2n) is 4.83. The molecule has 3 nitrogen and oxygen atoms in total. The summed E-state index contributed by atoms with van der Waals surface area (Å²) < 4.78 is 6.46. The van der Waals surface area contributed by atoms with Crippen LogP contribution in [-0.4, -0.2) is 11.2 Å². The minimum Gasteiger partial charge on any atom is -0.423 e. The second-order valence-corrected chi connectivity index (χ2v) is 6.74. The fourth-order valence-corrected chi connectivity index (χ4v) is 3.86. The molecule has 2 heterocycles. The van der Waals surface area contributed by atoms with Gasteiger partial charge in [0, 0.05) is 21.9 Å². The van der Waals surface area contributed by atoms with E-state index in [1.807, 2.05) is 48.7 Å². The fourth-order valence-electron chi connectivity index (χ4n) is 2.43. The number of rotatable bonds is 2. The number of aromatic nitrogens is 1. The van der Waals surface area contributed by atoms with E-state index in [-0.39, 0.29) is 5.63 Å². The molecule has 0 spiro atoms. The lowest BCUT2D eigenvalue weighted by Crippen LogP contribution is -1.98. The zero-order valence-corrected chi connectivity index (χ0v) is 13.3. The van der Waals surface area contributed by atoms with Gasteiger partial charge in [0.2, 0.25) is 0 Å². The van der Waals surface area contributed by atoms with E-state index >= 15 is 0 Å². The van der Waals surface area contributed by atoms with Gasteiger partial charge in [0.25, 0.3) is 0 Å². The summed E-state index contributed by atoms with van der Waals surface area (Å²) in [6, 6.07) is 15.4. The Morgan fingerprint density at radius 3 is 2.82 bits per heavy atom. The molecule has 22 heavy (non-hydrogen) atoms. The lowest BCUT2D eigenvalue weighted by molar-refractivity contribution is 0.561. The third kappa shape index (κ3) is 2.23. The number of hydrogen-bond acceptors (Lipinski definition) is 5. The van der Waals surface area contributed by atoms with Crippen LogP contribution in [0.1, 0.15) is 0 Å². The molecule has 0 N–H and O–H groups in total. The SMILES string of the molecule is CSc1ccc2c(-c3nc4ccccc4s3)cc(=O)oc2c1. The van der Waals surface area contributed by atoms with Crippen molar-refractivity contribution < 1.29 is 4.42 Å². The first-order valence-electron chi connectivity index (χ1n) is 6.72. The molecule has 0 unspecified atom stereocenters. The lowest BCUT2D eigenvalue weighted by atomic mass is 10.1. The maximum absolute atomic E-state index is 11.9. The summed E-state index contributed by atoms with van der Waals surface area (Å²) in [5.41, 5.74) is 2.04. The minimum atomic E-state index is -0.347. The van der Waals surface area contributed by atoms with Crippen LogP contribution in [0.4, 0.5) is 0 Å². The summed E-state index contributed by atoms with van der Waals surface area (Å²) in [5.74, 6) is 0. The molecule has 108 valence electrons. The Kier molecular flexibility index (Phi) is 3.24. The van der Waals surface area contributed by atoms with Crippen molar-refractivity contribution in [2.75, 3.05) is 6.26 Å². The monoisotopic (exact) mass is 325 g/mol. The number of para-hydroxylation sites is 1. The summed E-state index contributed by atoms with van der Waals surface area (Å²) >= 11 is 3.21. The Hall–Kier alpha value is -2.11. The predicted molar refractivity (Wildman–Crippen MR) is 92.9 cm³/mol. The van der Waals surface area contributed by atoms with E-state index < -0.39 is 0 Å². The summed E-state index contributed by atoms with van der Waals surface area (Å²) in [6.07, 6.45) is 2.00. The molecular weight excluding hydrogens is 314 g/mol. The van der Waals surface area contributed by atoms with Crippen molar-refractivity contribution in [1.29, 1.82) is 0 Å². The molecule has 0 saturated heterocycles. The number of thiazole rings is 1. The Bertz CT molecular complexity index is 1020. The molecule has 0 saturated carbocycles. The van der Waals surface area contributed by atoms with Crippen molar-refractivity contribution in [1.82, 2.24) is 4.98 Å². The van der Waals surface area contributed by atoms with Crippen LogP contribution < -0.4 is 5.63 Å². The molecule has 0 aliphatic rings. The molecule has 0 bridgehead atoms. The summed E-state index contributed by atoms with van der Waals surface area (Å²) in [4.78, 5) is 17.6. The zero-order chi connectivity index (χ0) is 15.1. The third-order valence-corrected chi connectivity index (χ3v) is 5.27. The van der Waals surface area contributed by atoms with Gasteiger partial charge in [0.05, 0.1) is 10.2 Å². The number of hydrogen-bond donors (Lipinski definition) is 0. The van der Waals surface area contributed by atoms with Crippen molar-refractivity contribution in [2.24, 2.45) is 0 Å². The minimum absolute atomic E-state index is 0.347. The molecular formula is C17H11NO2S2. The Balaban J connectivity index is 2.02. The van der Waals surface area contributed by atoms with Crippen LogP contribution in [0.2, 0.25) is 0 Å². The molecule has 4 aromatic rings. The number of thioether (sulfide) groups is 1. The molecule has 0 radical (unpaired) electrons. The molecule has 0 fully saturated rings. The number of nitrogens with zero attached hydrogens (tertiary/aromatic N) is 1. The first-order chi connectivity index (χ1) is 10.7. The largest absolute Gasteiger partial charge is 0.423 e. The van der Waals surface area contributed by atoms with Gasteiger partial charge in [0.1, 0.15) is 10.6 Å². The highest BCUT2D eigenvalue weighted by Gasteiger charge is 2.12. The maximum atomic E-state index is 11.9. The van der Waals surface area contributed by atoms with Gasteiger partial charge in [-0.15, -0.1) is 23.1 Å². The van der Waals surface area contributed by atoms with E-state index in [1.165, 1.54) is 6.07 Å². The quantitative estimate of drug-likeness (QED) is 0.392. The van der Waals surface area contributed by atoms with Crippen LogP contribution in [0.5, 0.6) is 0 Å². The summed E-state index contributed by atoms with van der Waals surface area (Å²) in [7, 11) is 0. The van der Waals surface area contributed by atoms with E-state index in [0.717, 1.165) is 31.1 Å². The van der Waals surface area contributed by atoms with Gasteiger partial charge in [-0.3, -0.25) is 0 Å². The highest BCUT2D eigenvalue weighted by Crippen LogP contribution is 2.34. The zero-order valence-electron chi connectivity index (χ0n) is 11.7. The molecule has 2 aromatic carbocycles. The van der Waals surface area contributed by atoms with Crippen molar-refractivity contribution >= 4 is 44.3 Å². The highest BCUT2D eigenvalue weighted by molar-refractivity contribution is 7.98. The predicted octanol–water partition coefficient (Wildman–Crippen LogP) is 4.79. The fraction of sp³-hybridized carbons (Fsp3) is 0.0588. The number of benzene rings is 2. The highest BCUT2D eigenvalue weighted by atomic mass is 32.2.